The van der Waals surface area contributed by atoms with E-state index in [9.17, 15) is 4.79 Å². The fourth-order valence-electron chi connectivity index (χ4n) is 3.81. The Hall–Kier alpha value is -2.35. The number of nitrogens with zero attached hydrogens (tertiary/aromatic N) is 2. The van der Waals surface area contributed by atoms with Crippen molar-refractivity contribution in [1.29, 1.82) is 0 Å². The average molecular weight is 521 g/mol. The minimum Gasteiger partial charge on any atom is -0.463 e. The number of benzene rings is 1. The van der Waals surface area contributed by atoms with Gasteiger partial charge < -0.3 is 19.8 Å². The van der Waals surface area contributed by atoms with Crippen molar-refractivity contribution in [3.8, 4) is 11.4 Å². The highest BCUT2D eigenvalue weighted by atomic mass is 35.5. The lowest BCUT2D eigenvalue weighted by molar-refractivity contribution is -0.122. The van der Waals surface area contributed by atoms with Gasteiger partial charge in [-0.05, 0) is 38.2 Å². The zero-order chi connectivity index (χ0) is 25.4. The van der Waals surface area contributed by atoms with Crippen LogP contribution in [0.5, 0.6) is 0 Å². The van der Waals surface area contributed by atoms with E-state index in [2.05, 4.69) is 31.4 Å². The zero-order valence-electron chi connectivity index (χ0n) is 20.8. The SMILES string of the molecule is CCCc1cc(N[C@@H](CC(C)C)C(=O)NCCCOCC)nc(-c2coc3cc(Cl)c(Cl)cc23)n1. The molecule has 0 unspecified atom stereocenters. The van der Waals surface area contributed by atoms with Crippen LogP contribution in [0.1, 0.15) is 52.7 Å². The summed E-state index contributed by atoms with van der Waals surface area (Å²) in [6, 6.07) is 4.94. The van der Waals surface area contributed by atoms with Crippen LogP contribution in [0.2, 0.25) is 10.0 Å². The molecular formula is C26H34Cl2N4O3. The summed E-state index contributed by atoms with van der Waals surface area (Å²) >= 11 is 12.4. The highest BCUT2D eigenvalue weighted by molar-refractivity contribution is 6.42. The summed E-state index contributed by atoms with van der Waals surface area (Å²) in [6.07, 6.45) is 4.77. The van der Waals surface area contributed by atoms with E-state index < -0.39 is 6.04 Å². The van der Waals surface area contributed by atoms with Crippen LogP contribution in [0.4, 0.5) is 5.82 Å². The van der Waals surface area contributed by atoms with E-state index in [1.807, 2.05) is 13.0 Å². The number of hydrogen-bond acceptors (Lipinski definition) is 6. The van der Waals surface area contributed by atoms with Crippen LogP contribution in [-0.4, -0.2) is 41.7 Å². The van der Waals surface area contributed by atoms with Gasteiger partial charge in [-0.2, -0.15) is 0 Å². The van der Waals surface area contributed by atoms with Crippen molar-refractivity contribution in [2.75, 3.05) is 25.1 Å². The summed E-state index contributed by atoms with van der Waals surface area (Å²) in [5, 5.41) is 8.02. The van der Waals surface area contributed by atoms with Crippen molar-refractivity contribution in [2.45, 2.75) is 59.4 Å². The first-order valence-electron chi connectivity index (χ1n) is 12.2. The van der Waals surface area contributed by atoms with Gasteiger partial charge in [0.2, 0.25) is 5.91 Å². The van der Waals surface area contributed by atoms with Crippen molar-refractivity contribution in [2.24, 2.45) is 5.92 Å². The molecule has 0 aliphatic carbocycles. The molecule has 2 heterocycles. The minimum absolute atomic E-state index is 0.0532. The van der Waals surface area contributed by atoms with Crippen molar-refractivity contribution in [3.05, 3.63) is 40.2 Å². The lowest BCUT2D eigenvalue weighted by Gasteiger charge is -2.21. The van der Waals surface area contributed by atoms with Gasteiger partial charge >= 0.3 is 0 Å². The summed E-state index contributed by atoms with van der Waals surface area (Å²) in [7, 11) is 0. The quantitative estimate of drug-likeness (QED) is 0.249. The first kappa shape index (κ1) is 27.2. The number of amides is 1. The van der Waals surface area contributed by atoms with Crippen LogP contribution in [-0.2, 0) is 16.0 Å². The number of fused-ring (bicyclic) bond motifs is 1. The van der Waals surface area contributed by atoms with E-state index in [0.29, 0.717) is 59.4 Å². The molecule has 35 heavy (non-hydrogen) atoms. The van der Waals surface area contributed by atoms with Gasteiger partial charge in [-0.25, -0.2) is 9.97 Å². The predicted octanol–water partition coefficient (Wildman–Crippen LogP) is 6.52. The second-order valence-electron chi connectivity index (χ2n) is 8.90. The maximum Gasteiger partial charge on any atom is 0.242 e. The highest BCUT2D eigenvalue weighted by Crippen LogP contribution is 2.35. The Balaban J connectivity index is 1.88. The van der Waals surface area contributed by atoms with Crippen molar-refractivity contribution >= 4 is 45.9 Å². The molecule has 3 aromatic rings. The van der Waals surface area contributed by atoms with E-state index >= 15 is 0 Å². The van der Waals surface area contributed by atoms with Crippen LogP contribution in [0.25, 0.3) is 22.4 Å². The largest absolute Gasteiger partial charge is 0.463 e. The molecule has 9 heteroatoms. The number of anilines is 1. The van der Waals surface area contributed by atoms with Gasteiger partial charge in [0.1, 0.15) is 23.7 Å². The zero-order valence-corrected chi connectivity index (χ0v) is 22.3. The Labute approximate surface area is 216 Å². The third-order valence-electron chi connectivity index (χ3n) is 5.46. The van der Waals surface area contributed by atoms with Gasteiger partial charge in [0.15, 0.2) is 5.82 Å². The van der Waals surface area contributed by atoms with Crippen molar-refractivity contribution in [1.82, 2.24) is 15.3 Å². The molecule has 0 radical (unpaired) electrons. The van der Waals surface area contributed by atoms with Gasteiger partial charge in [0, 0.05) is 43.0 Å². The van der Waals surface area contributed by atoms with Gasteiger partial charge in [-0.15, -0.1) is 0 Å². The third kappa shape index (κ3) is 7.56. The van der Waals surface area contributed by atoms with Crippen molar-refractivity contribution < 1.29 is 13.9 Å². The Morgan fingerprint density at radius 2 is 1.91 bits per heavy atom. The Morgan fingerprint density at radius 1 is 1.14 bits per heavy atom. The average Bonchev–Trinajstić information content (AvgIpc) is 3.21. The van der Waals surface area contributed by atoms with Gasteiger partial charge in [0.05, 0.1) is 15.6 Å². The first-order chi connectivity index (χ1) is 16.8. The molecule has 7 nitrogen and oxygen atoms in total. The van der Waals surface area contributed by atoms with Gasteiger partial charge in [0.25, 0.3) is 0 Å². The van der Waals surface area contributed by atoms with Crippen LogP contribution in [0.3, 0.4) is 0 Å². The van der Waals surface area contributed by atoms with E-state index in [4.69, 9.17) is 42.3 Å². The molecule has 0 spiro atoms. The molecule has 0 saturated carbocycles. The molecule has 0 bridgehead atoms. The smallest absolute Gasteiger partial charge is 0.242 e. The van der Waals surface area contributed by atoms with Gasteiger partial charge in [-0.1, -0.05) is 50.4 Å². The minimum atomic E-state index is -0.423. The molecule has 0 aliphatic rings. The second kappa shape index (κ2) is 13.1. The van der Waals surface area contributed by atoms with E-state index in [1.54, 1.807) is 18.4 Å². The Morgan fingerprint density at radius 3 is 2.63 bits per heavy atom. The highest BCUT2D eigenvalue weighted by Gasteiger charge is 2.21. The Bertz CT molecular complexity index is 1130. The number of carbonyl (C=O) groups is 1. The molecule has 190 valence electrons. The molecule has 3 rings (SSSR count). The number of carbonyl (C=O) groups excluding carboxylic acids is 1. The third-order valence-corrected chi connectivity index (χ3v) is 6.18. The number of aromatic nitrogens is 2. The topological polar surface area (TPSA) is 89.3 Å². The van der Waals surface area contributed by atoms with Crippen LogP contribution in [0.15, 0.2) is 28.9 Å². The number of aryl methyl sites for hydroxylation is 1. The molecule has 0 aliphatic heterocycles. The molecular weight excluding hydrogens is 487 g/mol. The lowest BCUT2D eigenvalue weighted by Crippen LogP contribution is -2.41. The maximum atomic E-state index is 13.0. The fraction of sp³-hybridized carbons (Fsp3) is 0.500. The molecule has 0 saturated heterocycles. The Kier molecular flexibility index (Phi) is 10.2. The van der Waals surface area contributed by atoms with Crippen LogP contribution < -0.4 is 10.6 Å². The van der Waals surface area contributed by atoms with Gasteiger partial charge in [-0.3, -0.25) is 4.79 Å². The monoisotopic (exact) mass is 520 g/mol. The molecule has 0 fully saturated rings. The summed E-state index contributed by atoms with van der Waals surface area (Å²) in [5.41, 5.74) is 2.22. The number of rotatable bonds is 13. The van der Waals surface area contributed by atoms with Crippen LogP contribution in [0, 0.1) is 5.92 Å². The first-order valence-corrected chi connectivity index (χ1v) is 12.9. The number of hydrogen-bond donors (Lipinski definition) is 2. The van der Waals surface area contributed by atoms with Crippen molar-refractivity contribution in [3.63, 3.8) is 0 Å². The molecule has 1 amide bonds. The summed E-state index contributed by atoms with van der Waals surface area (Å²) < 4.78 is 11.1. The van der Waals surface area contributed by atoms with E-state index in [-0.39, 0.29) is 5.91 Å². The number of furan rings is 1. The van der Waals surface area contributed by atoms with E-state index in [0.717, 1.165) is 35.9 Å². The van der Waals surface area contributed by atoms with E-state index in [1.165, 1.54) is 0 Å². The molecule has 2 aromatic heterocycles. The predicted molar refractivity (Wildman–Crippen MR) is 142 cm³/mol. The standard InChI is InChI=1S/C26H34Cl2N4O3/c1-5-8-17-12-24(31-22(11-16(3)4)26(33)29-9-7-10-34-6-2)32-25(30-17)19-15-35-23-14-21(28)20(27)13-18(19)23/h12-16,22H,5-11H2,1-4H3,(H,29,33)(H,30,31,32)/t22-/m0/s1. The number of ether oxygens (including phenoxy) is 1. The normalized spacial score (nSPS) is 12.3. The summed E-state index contributed by atoms with van der Waals surface area (Å²) in [6.45, 7) is 10.1. The fourth-order valence-corrected chi connectivity index (χ4v) is 4.12. The lowest BCUT2D eigenvalue weighted by atomic mass is 10.0. The second-order valence-corrected chi connectivity index (χ2v) is 9.71. The molecule has 1 atom stereocenters. The number of nitrogens with one attached hydrogen (secondary N) is 2. The summed E-state index contributed by atoms with van der Waals surface area (Å²) in [4.78, 5) is 22.5. The summed E-state index contributed by atoms with van der Waals surface area (Å²) in [5.74, 6) is 1.38. The van der Waals surface area contributed by atoms with Crippen LogP contribution >= 0.6 is 23.2 Å². The number of halogens is 2. The maximum absolute atomic E-state index is 13.0. The molecule has 1 aromatic carbocycles. The molecule has 2 N–H and O–H groups in total.